The number of anilines is 2. The van der Waals surface area contributed by atoms with Gasteiger partial charge in [-0.25, -0.2) is 0 Å². The molecule has 1 unspecified atom stereocenters. The predicted molar refractivity (Wildman–Crippen MR) is 83.7 cm³/mol. The van der Waals surface area contributed by atoms with Crippen LogP contribution in [0.3, 0.4) is 0 Å². The Morgan fingerprint density at radius 1 is 1.38 bits per heavy atom. The average Bonchev–Trinajstić information content (AvgIpc) is 3.00. The Morgan fingerprint density at radius 3 is 3.05 bits per heavy atom. The molecule has 0 radical (unpaired) electrons. The zero-order valence-electron chi connectivity index (χ0n) is 11.9. The molecular formula is C17H18N4. The molecule has 1 aliphatic rings. The highest BCUT2D eigenvalue weighted by Crippen LogP contribution is 2.36. The maximum Gasteiger partial charge on any atom is 0.0670 e. The first kappa shape index (κ1) is 13.4. The molecule has 2 aromatic rings. The van der Waals surface area contributed by atoms with Crippen LogP contribution in [0.5, 0.6) is 0 Å². The van der Waals surface area contributed by atoms with Crippen LogP contribution in [0.2, 0.25) is 0 Å². The van der Waals surface area contributed by atoms with Crippen molar-refractivity contribution in [1.82, 2.24) is 4.98 Å². The van der Waals surface area contributed by atoms with Gasteiger partial charge in [-0.15, -0.1) is 0 Å². The van der Waals surface area contributed by atoms with Gasteiger partial charge >= 0.3 is 0 Å². The molecule has 1 aromatic carbocycles. The minimum absolute atomic E-state index is 0.352. The number of rotatable bonds is 3. The third-order valence-electron chi connectivity index (χ3n) is 4.05. The van der Waals surface area contributed by atoms with Crippen molar-refractivity contribution in [3.05, 3.63) is 53.9 Å². The van der Waals surface area contributed by atoms with Crippen LogP contribution in [0, 0.1) is 11.3 Å². The third-order valence-corrected chi connectivity index (χ3v) is 4.05. The number of nitrogen functional groups attached to an aromatic ring is 1. The molecule has 0 aliphatic carbocycles. The lowest BCUT2D eigenvalue weighted by Crippen LogP contribution is -2.22. The van der Waals surface area contributed by atoms with Gasteiger partial charge in [-0.1, -0.05) is 6.07 Å². The van der Waals surface area contributed by atoms with Gasteiger partial charge in [-0.2, -0.15) is 5.26 Å². The van der Waals surface area contributed by atoms with Gasteiger partial charge in [-0.3, -0.25) is 4.98 Å². The van der Waals surface area contributed by atoms with Crippen LogP contribution in [0.15, 0.2) is 42.7 Å². The monoisotopic (exact) mass is 278 g/mol. The standard InChI is InChI=1S/C17H18N4/c18-8-7-13-11-15(5-6-16(13)19)21-10-2-4-17(21)14-3-1-9-20-12-14/h1,3,5-6,9,11-12,17H,2,4,7,10,19H2. The van der Waals surface area contributed by atoms with Gasteiger partial charge in [0.1, 0.15) is 0 Å². The van der Waals surface area contributed by atoms with Crippen LogP contribution in [0.25, 0.3) is 0 Å². The smallest absolute Gasteiger partial charge is 0.0670 e. The molecule has 1 aliphatic heterocycles. The van der Waals surface area contributed by atoms with Crippen LogP contribution in [0.4, 0.5) is 11.4 Å². The fourth-order valence-corrected chi connectivity index (χ4v) is 3.00. The lowest BCUT2D eigenvalue weighted by molar-refractivity contribution is 0.715. The summed E-state index contributed by atoms with van der Waals surface area (Å²) in [5, 5.41) is 8.90. The predicted octanol–water partition coefficient (Wildman–Crippen LogP) is 3.07. The Balaban J connectivity index is 1.92. The van der Waals surface area contributed by atoms with E-state index in [1.807, 2.05) is 30.5 Å². The van der Waals surface area contributed by atoms with Crippen molar-refractivity contribution in [3.8, 4) is 6.07 Å². The van der Waals surface area contributed by atoms with Crippen LogP contribution in [0.1, 0.15) is 30.0 Å². The van der Waals surface area contributed by atoms with Crippen molar-refractivity contribution < 1.29 is 0 Å². The molecule has 106 valence electrons. The maximum absolute atomic E-state index is 8.90. The van der Waals surface area contributed by atoms with Gasteiger partial charge in [0.05, 0.1) is 18.5 Å². The molecule has 4 nitrogen and oxygen atoms in total. The Morgan fingerprint density at radius 2 is 2.29 bits per heavy atom. The molecule has 1 saturated heterocycles. The van der Waals surface area contributed by atoms with Crippen molar-refractivity contribution in [2.45, 2.75) is 25.3 Å². The van der Waals surface area contributed by atoms with Crippen molar-refractivity contribution >= 4 is 11.4 Å². The molecule has 0 amide bonds. The normalized spacial score (nSPS) is 17.7. The molecule has 3 rings (SSSR count). The number of nitrogens with zero attached hydrogens (tertiary/aromatic N) is 3. The molecule has 0 saturated carbocycles. The summed E-state index contributed by atoms with van der Waals surface area (Å²) >= 11 is 0. The van der Waals surface area contributed by atoms with Crippen molar-refractivity contribution in [2.24, 2.45) is 0 Å². The van der Waals surface area contributed by atoms with E-state index >= 15 is 0 Å². The van der Waals surface area contributed by atoms with Crippen molar-refractivity contribution in [3.63, 3.8) is 0 Å². The molecule has 0 bridgehead atoms. The number of nitrogens with two attached hydrogens (primary N) is 1. The maximum atomic E-state index is 8.90. The molecule has 21 heavy (non-hydrogen) atoms. The fourth-order valence-electron chi connectivity index (χ4n) is 3.00. The number of aromatic nitrogens is 1. The average molecular weight is 278 g/mol. The van der Waals surface area contributed by atoms with E-state index in [1.54, 1.807) is 6.20 Å². The van der Waals surface area contributed by atoms with Gasteiger partial charge in [0.25, 0.3) is 0 Å². The number of hydrogen-bond donors (Lipinski definition) is 1. The van der Waals surface area contributed by atoms with Crippen LogP contribution in [-0.4, -0.2) is 11.5 Å². The SMILES string of the molecule is N#CCc1cc(N2CCCC2c2cccnc2)ccc1N. The van der Waals surface area contributed by atoms with E-state index in [1.165, 1.54) is 5.56 Å². The minimum Gasteiger partial charge on any atom is -0.398 e. The first-order chi connectivity index (χ1) is 10.3. The van der Waals surface area contributed by atoms with Gasteiger partial charge in [0, 0.05) is 30.3 Å². The van der Waals surface area contributed by atoms with Crippen molar-refractivity contribution in [2.75, 3.05) is 17.2 Å². The van der Waals surface area contributed by atoms with Crippen LogP contribution < -0.4 is 10.6 Å². The second-order valence-corrected chi connectivity index (χ2v) is 5.36. The lowest BCUT2D eigenvalue weighted by Gasteiger charge is -2.27. The van der Waals surface area contributed by atoms with Crippen molar-refractivity contribution in [1.29, 1.82) is 5.26 Å². The second-order valence-electron chi connectivity index (χ2n) is 5.36. The molecule has 2 heterocycles. The van der Waals surface area contributed by atoms with E-state index in [0.717, 1.165) is 30.6 Å². The van der Waals surface area contributed by atoms with Crippen LogP contribution >= 0.6 is 0 Å². The summed E-state index contributed by atoms with van der Waals surface area (Å²) in [5.41, 5.74) is 9.93. The topological polar surface area (TPSA) is 65.9 Å². The summed E-state index contributed by atoms with van der Waals surface area (Å²) < 4.78 is 0. The van der Waals surface area contributed by atoms with Crippen LogP contribution in [-0.2, 0) is 6.42 Å². The number of pyridine rings is 1. The molecule has 2 N–H and O–H groups in total. The largest absolute Gasteiger partial charge is 0.398 e. The first-order valence-corrected chi connectivity index (χ1v) is 7.21. The highest BCUT2D eigenvalue weighted by Gasteiger charge is 2.26. The van der Waals surface area contributed by atoms with E-state index < -0.39 is 0 Å². The molecule has 1 fully saturated rings. The van der Waals surface area contributed by atoms with E-state index in [2.05, 4.69) is 22.0 Å². The Kier molecular flexibility index (Phi) is 3.74. The molecular weight excluding hydrogens is 260 g/mol. The summed E-state index contributed by atoms with van der Waals surface area (Å²) in [5.74, 6) is 0. The highest BCUT2D eigenvalue weighted by molar-refractivity contribution is 5.60. The van der Waals surface area contributed by atoms with E-state index in [0.29, 0.717) is 18.2 Å². The molecule has 1 aromatic heterocycles. The summed E-state index contributed by atoms with van der Waals surface area (Å²) in [6.45, 7) is 1.02. The second kappa shape index (κ2) is 5.84. The van der Waals surface area contributed by atoms with Gasteiger partial charge < -0.3 is 10.6 Å². The van der Waals surface area contributed by atoms with Gasteiger partial charge in [-0.05, 0) is 48.2 Å². The number of benzene rings is 1. The Labute approximate surface area is 124 Å². The Bertz CT molecular complexity index is 660. The molecule has 0 spiro atoms. The summed E-state index contributed by atoms with van der Waals surface area (Å²) in [7, 11) is 0. The quantitative estimate of drug-likeness (QED) is 0.876. The molecule has 1 atom stereocenters. The van der Waals surface area contributed by atoms with E-state index in [4.69, 9.17) is 11.0 Å². The van der Waals surface area contributed by atoms with E-state index in [9.17, 15) is 0 Å². The van der Waals surface area contributed by atoms with E-state index in [-0.39, 0.29) is 0 Å². The van der Waals surface area contributed by atoms with Gasteiger partial charge in [0.2, 0.25) is 0 Å². The highest BCUT2D eigenvalue weighted by atomic mass is 15.2. The number of hydrogen-bond acceptors (Lipinski definition) is 4. The first-order valence-electron chi connectivity index (χ1n) is 7.21. The minimum atomic E-state index is 0.352. The fraction of sp³-hybridized carbons (Fsp3) is 0.294. The number of nitriles is 1. The Hall–Kier alpha value is -2.54. The summed E-state index contributed by atoms with van der Waals surface area (Å²) in [6.07, 6.45) is 6.39. The molecule has 4 heteroatoms. The van der Waals surface area contributed by atoms with Gasteiger partial charge in [0.15, 0.2) is 0 Å². The summed E-state index contributed by atoms with van der Waals surface area (Å²) in [6, 6.07) is 12.6. The summed E-state index contributed by atoms with van der Waals surface area (Å²) in [4.78, 5) is 6.61. The zero-order chi connectivity index (χ0) is 14.7. The third kappa shape index (κ3) is 2.68. The lowest BCUT2D eigenvalue weighted by atomic mass is 10.0. The zero-order valence-corrected chi connectivity index (χ0v) is 11.9.